The molecule has 4 amide bonds. The predicted molar refractivity (Wildman–Crippen MR) is 105 cm³/mol. The Kier molecular flexibility index (Phi) is 6.65. The maximum absolute atomic E-state index is 12.8. The van der Waals surface area contributed by atoms with Crippen LogP contribution in [0.5, 0.6) is 0 Å². The largest absolute Gasteiger partial charge is 0.481 e. The molecule has 160 valence electrons. The van der Waals surface area contributed by atoms with Crippen molar-refractivity contribution in [3.63, 3.8) is 0 Å². The zero-order chi connectivity index (χ0) is 21.7. The summed E-state index contributed by atoms with van der Waals surface area (Å²) in [4.78, 5) is 60.2. The summed E-state index contributed by atoms with van der Waals surface area (Å²) < 4.78 is 0. The molecule has 10 nitrogen and oxygen atoms in total. The Hall–Kier alpha value is -3.43. The molecule has 0 spiro atoms. The topological polar surface area (TPSA) is 145 Å². The highest BCUT2D eigenvalue weighted by Gasteiger charge is 2.39. The lowest BCUT2D eigenvalue weighted by molar-refractivity contribution is -0.138. The van der Waals surface area contributed by atoms with Gasteiger partial charge in [-0.1, -0.05) is 6.07 Å². The summed E-state index contributed by atoms with van der Waals surface area (Å²) in [7, 11) is 0. The maximum Gasteiger partial charge on any atom is 0.303 e. The van der Waals surface area contributed by atoms with Crippen molar-refractivity contribution >= 4 is 35.3 Å². The number of hydrogen-bond donors (Lipinski definition) is 4. The van der Waals surface area contributed by atoms with Gasteiger partial charge >= 0.3 is 5.97 Å². The normalized spacial score (nSPS) is 18.1. The fourth-order valence-electron chi connectivity index (χ4n) is 3.62. The van der Waals surface area contributed by atoms with Crippen LogP contribution in [-0.2, 0) is 25.7 Å². The van der Waals surface area contributed by atoms with Gasteiger partial charge in [0.15, 0.2) is 0 Å². The van der Waals surface area contributed by atoms with Crippen molar-refractivity contribution in [2.75, 3.05) is 18.4 Å². The number of hydrogen-bond acceptors (Lipinski definition) is 6. The molecule has 1 aromatic rings. The van der Waals surface area contributed by atoms with E-state index in [-0.39, 0.29) is 50.1 Å². The first-order valence-electron chi connectivity index (χ1n) is 9.85. The van der Waals surface area contributed by atoms with E-state index in [1.54, 1.807) is 18.2 Å². The second-order valence-electron chi connectivity index (χ2n) is 7.29. The molecule has 2 heterocycles. The molecule has 0 saturated carbocycles. The lowest BCUT2D eigenvalue weighted by Crippen LogP contribution is -2.52. The minimum Gasteiger partial charge on any atom is -0.481 e. The van der Waals surface area contributed by atoms with Crippen LogP contribution in [0.1, 0.15) is 48.0 Å². The van der Waals surface area contributed by atoms with Crippen LogP contribution in [0.4, 0.5) is 5.69 Å². The Labute approximate surface area is 173 Å². The van der Waals surface area contributed by atoms with Gasteiger partial charge in [-0.25, -0.2) is 0 Å². The van der Waals surface area contributed by atoms with Crippen molar-refractivity contribution in [3.05, 3.63) is 29.3 Å². The first-order valence-corrected chi connectivity index (χ1v) is 9.85. The average molecular weight is 416 g/mol. The number of amides is 4. The molecule has 0 radical (unpaired) electrons. The minimum absolute atomic E-state index is 0.00198. The molecule has 30 heavy (non-hydrogen) atoms. The molecule has 1 unspecified atom stereocenters. The molecule has 10 heteroatoms. The SMILES string of the molecule is O=C(O)CCCCNC(=O)CNc1cccc2c1CN(C1CCC(=O)NC1=O)C2=O. The quantitative estimate of drug-likeness (QED) is 0.333. The fourth-order valence-corrected chi connectivity index (χ4v) is 3.62. The summed E-state index contributed by atoms with van der Waals surface area (Å²) in [5.41, 5.74) is 1.82. The number of benzene rings is 1. The Morgan fingerprint density at radius 1 is 1.20 bits per heavy atom. The van der Waals surface area contributed by atoms with Crippen LogP contribution in [0.3, 0.4) is 0 Å². The minimum atomic E-state index is -0.859. The van der Waals surface area contributed by atoms with Crippen LogP contribution >= 0.6 is 0 Å². The third-order valence-corrected chi connectivity index (χ3v) is 5.16. The molecule has 0 aliphatic carbocycles. The fraction of sp³-hybridized carbons (Fsp3) is 0.450. The van der Waals surface area contributed by atoms with Crippen LogP contribution in [-0.4, -0.2) is 58.7 Å². The summed E-state index contributed by atoms with van der Waals surface area (Å²) in [5.74, 6) is -2.18. The second-order valence-corrected chi connectivity index (χ2v) is 7.29. The zero-order valence-corrected chi connectivity index (χ0v) is 16.4. The smallest absolute Gasteiger partial charge is 0.303 e. The molecular weight excluding hydrogens is 392 g/mol. The van der Waals surface area contributed by atoms with Crippen molar-refractivity contribution in [2.24, 2.45) is 0 Å². The lowest BCUT2D eigenvalue weighted by Gasteiger charge is -2.29. The first-order chi connectivity index (χ1) is 14.4. The maximum atomic E-state index is 12.8. The van der Waals surface area contributed by atoms with E-state index in [1.165, 1.54) is 4.90 Å². The number of imide groups is 1. The Balaban J connectivity index is 1.56. The van der Waals surface area contributed by atoms with E-state index in [2.05, 4.69) is 16.0 Å². The van der Waals surface area contributed by atoms with Gasteiger partial charge in [0.1, 0.15) is 6.04 Å². The van der Waals surface area contributed by atoms with Crippen LogP contribution in [0, 0.1) is 0 Å². The molecule has 1 fully saturated rings. The van der Waals surface area contributed by atoms with Gasteiger partial charge in [0.2, 0.25) is 17.7 Å². The van der Waals surface area contributed by atoms with Crippen molar-refractivity contribution in [1.82, 2.24) is 15.5 Å². The number of piperidine rings is 1. The summed E-state index contributed by atoms with van der Waals surface area (Å²) in [6.45, 7) is 0.616. The van der Waals surface area contributed by atoms with Crippen LogP contribution in [0.25, 0.3) is 0 Å². The van der Waals surface area contributed by atoms with E-state index in [9.17, 15) is 24.0 Å². The number of carbonyl (C=O) groups is 5. The van der Waals surface area contributed by atoms with E-state index in [0.717, 1.165) is 0 Å². The summed E-state index contributed by atoms with van der Waals surface area (Å²) in [6.07, 6.45) is 1.62. The average Bonchev–Trinajstić information content (AvgIpc) is 3.03. The number of carboxylic acid groups (broad SMARTS) is 1. The van der Waals surface area contributed by atoms with Crippen molar-refractivity contribution in [1.29, 1.82) is 0 Å². The summed E-state index contributed by atoms with van der Waals surface area (Å²) >= 11 is 0. The van der Waals surface area contributed by atoms with Crippen molar-refractivity contribution in [2.45, 2.75) is 44.7 Å². The number of rotatable bonds is 9. The number of aliphatic carboxylic acids is 1. The van der Waals surface area contributed by atoms with Crippen LogP contribution < -0.4 is 16.0 Å². The summed E-state index contributed by atoms with van der Waals surface area (Å²) in [6, 6.07) is 4.46. The molecule has 4 N–H and O–H groups in total. The van der Waals surface area contributed by atoms with Gasteiger partial charge in [0.05, 0.1) is 6.54 Å². The standard InChI is InChI=1S/C20H24N4O6/c25-16-8-7-15(19(29)23-16)24-11-13-12(20(24)30)4-3-5-14(13)22-10-17(26)21-9-2-1-6-18(27)28/h3-5,15,22H,1-2,6-11H2,(H,21,26)(H,27,28)(H,23,25,29). The van der Waals surface area contributed by atoms with Crippen molar-refractivity contribution < 1.29 is 29.1 Å². The van der Waals surface area contributed by atoms with Gasteiger partial charge in [-0.15, -0.1) is 0 Å². The number of nitrogens with zero attached hydrogens (tertiary/aromatic N) is 1. The van der Waals surface area contributed by atoms with E-state index in [1.807, 2.05) is 0 Å². The molecule has 1 atom stereocenters. The van der Waals surface area contributed by atoms with Gasteiger partial charge in [0, 0.05) is 42.7 Å². The third kappa shape index (κ3) is 4.94. The molecule has 0 bridgehead atoms. The Morgan fingerprint density at radius 3 is 2.73 bits per heavy atom. The number of fused-ring (bicyclic) bond motifs is 1. The monoisotopic (exact) mass is 416 g/mol. The molecule has 0 aromatic heterocycles. The van der Waals surface area contributed by atoms with Gasteiger partial charge < -0.3 is 20.6 Å². The predicted octanol–water partition coefficient (Wildman–Crippen LogP) is 0.231. The highest BCUT2D eigenvalue weighted by Crippen LogP contribution is 2.32. The van der Waals surface area contributed by atoms with E-state index in [4.69, 9.17) is 5.11 Å². The van der Waals surface area contributed by atoms with Crippen molar-refractivity contribution in [3.8, 4) is 0 Å². The number of nitrogens with one attached hydrogen (secondary N) is 3. The Bertz CT molecular complexity index is 884. The molecule has 1 saturated heterocycles. The molecular formula is C20H24N4O6. The van der Waals surface area contributed by atoms with E-state index >= 15 is 0 Å². The summed E-state index contributed by atoms with van der Waals surface area (Å²) in [5, 5.41) is 16.6. The molecule has 2 aliphatic rings. The van der Waals surface area contributed by atoms with Gasteiger partial charge in [-0.2, -0.15) is 0 Å². The van der Waals surface area contributed by atoms with Gasteiger partial charge in [-0.3, -0.25) is 29.3 Å². The number of carbonyl (C=O) groups excluding carboxylic acids is 4. The highest BCUT2D eigenvalue weighted by molar-refractivity contribution is 6.06. The third-order valence-electron chi connectivity index (χ3n) is 5.16. The number of carboxylic acids is 1. The van der Waals surface area contributed by atoms with Crippen LogP contribution in [0.2, 0.25) is 0 Å². The number of anilines is 1. The zero-order valence-electron chi connectivity index (χ0n) is 16.4. The van der Waals surface area contributed by atoms with Gasteiger partial charge in [0.25, 0.3) is 5.91 Å². The van der Waals surface area contributed by atoms with E-state index < -0.39 is 17.9 Å². The molecule has 1 aromatic carbocycles. The van der Waals surface area contributed by atoms with Crippen LogP contribution in [0.15, 0.2) is 18.2 Å². The molecule has 3 rings (SSSR count). The second kappa shape index (κ2) is 9.38. The van der Waals surface area contributed by atoms with Gasteiger partial charge in [-0.05, 0) is 31.4 Å². The highest BCUT2D eigenvalue weighted by atomic mass is 16.4. The van der Waals surface area contributed by atoms with E-state index in [0.29, 0.717) is 36.2 Å². The molecule has 2 aliphatic heterocycles. The lowest BCUT2D eigenvalue weighted by atomic mass is 10.0. The first kappa shape index (κ1) is 21.3. The number of unbranched alkanes of at least 4 members (excludes halogenated alkanes) is 1. The Morgan fingerprint density at radius 2 is 2.00 bits per heavy atom.